The minimum atomic E-state index is 0.0239. The summed E-state index contributed by atoms with van der Waals surface area (Å²) in [4.78, 5) is 2.63. The molecule has 18 heavy (non-hydrogen) atoms. The van der Waals surface area contributed by atoms with Crippen LogP contribution in [-0.4, -0.2) is 49.3 Å². The third kappa shape index (κ3) is 4.87. The number of nitrogens with zero attached hydrogens (tertiary/aromatic N) is 1. The Morgan fingerprint density at radius 3 is 2.22 bits per heavy atom. The maximum Gasteiger partial charge on any atom is 0.0602 e. The normalized spacial score (nSPS) is 31.5. The van der Waals surface area contributed by atoms with Crippen LogP contribution in [0.25, 0.3) is 0 Å². The van der Waals surface area contributed by atoms with Crippen LogP contribution in [0.2, 0.25) is 0 Å². The van der Waals surface area contributed by atoms with Crippen LogP contribution in [0.15, 0.2) is 0 Å². The van der Waals surface area contributed by atoms with Gasteiger partial charge in [-0.05, 0) is 52.4 Å². The van der Waals surface area contributed by atoms with E-state index in [-0.39, 0.29) is 5.60 Å². The first-order valence-corrected chi connectivity index (χ1v) is 7.64. The number of hydrogen-bond donors (Lipinski definition) is 1. The van der Waals surface area contributed by atoms with Crippen molar-refractivity contribution in [3.63, 3.8) is 0 Å². The van der Waals surface area contributed by atoms with Gasteiger partial charge in [-0.1, -0.05) is 0 Å². The van der Waals surface area contributed by atoms with Crippen molar-refractivity contribution in [2.75, 3.05) is 32.7 Å². The summed E-state index contributed by atoms with van der Waals surface area (Å²) in [6, 6.07) is 0. The fourth-order valence-corrected chi connectivity index (χ4v) is 3.19. The van der Waals surface area contributed by atoms with Crippen LogP contribution in [0.1, 0.15) is 46.5 Å². The SMILES string of the molecule is CC(C)(C)O[C@H]1CC[C@H](CN2CCNCC2)CC1. The quantitative estimate of drug-likeness (QED) is 0.836. The smallest absolute Gasteiger partial charge is 0.0602 e. The lowest BCUT2D eigenvalue weighted by atomic mass is 9.86. The van der Waals surface area contributed by atoms with Crippen LogP contribution in [0.4, 0.5) is 0 Å². The highest BCUT2D eigenvalue weighted by Gasteiger charge is 2.26. The summed E-state index contributed by atoms with van der Waals surface area (Å²) in [7, 11) is 0. The van der Waals surface area contributed by atoms with E-state index in [1.54, 1.807) is 0 Å². The van der Waals surface area contributed by atoms with E-state index in [0.717, 1.165) is 5.92 Å². The van der Waals surface area contributed by atoms with E-state index >= 15 is 0 Å². The second-order valence-electron chi connectivity index (χ2n) is 6.92. The average Bonchev–Trinajstić information content (AvgIpc) is 2.31. The molecule has 1 aliphatic heterocycles. The molecule has 0 radical (unpaired) electrons. The van der Waals surface area contributed by atoms with Gasteiger partial charge in [0.05, 0.1) is 11.7 Å². The highest BCUT2D eigenvalue weighted by atomic mass is 16.5. The molecule has 0 aromatic rings. The second-order valence-corrected chi connectivity index (χ2v) is 6.92. The molecule has 0 amide bonds. The van der Waals surface area contributed by atoms with E-state index in [4.69, 9.17) is 4.74 Å². The van der Waals surface area contributed by atoms with Crippen LogP contribution < -0.4 is 5.32 Å². The van der Waals surface area contributed by atoms with Crippen molar-refractivity contribution >= 4 is 0 Å². The Labute approximate surface area is 112 Å². The van der Waals surface area contributed by atoms with Crippen molar-refractivity contribution in [3.8, 4) is 0 Å². The standard InChI is InChI=1S/C15H30N2O/c1-15(2,3)18-14-6-4-13(5-7-14)12-17-10-8-16-9-11-17/h13-14,16H,4-12H2,1-3H3/t13-,14-. The van der Waals surface area contributed by atoms with Crippen LogP contribution in [0.3, 0.4) is 0 Å². The van der Waals surface area contributed by atoms with Gasteiger partial charge in [-0.2, -0.15) is 0 Å². The molecule has 0 atom stereocenters. The Kier molecular flexibility index (Phi) is 5.05. The lowest BCUT2D eigenvalue weighted by Gasteiger charge is -2.36. The van der Waals surface area contributed by atoms with Crippen molar-refractivity contribution in [1.29, 1.82) is 0 Å². The largest absolute Gasteiger partial charge is 0.373 e. The lowest BCUT2D eigenvalue weighted by Crippen LogP contribution is -2.45. The topological polar surface area (TPSA) is 24.5 Å². The molecule has 2 fully saturated rings. The van der Waals surface area contributed by atoms with Crippen molar-refractivity contribution in [2.45, 2.75) is 58.2 Å². The predicted molar refractivity (Wildman–Crippen MR) is 75.9 cm³/mol. The van der Waals surface area contributed by atoms with Gasteiger partial charge in [-0.25, -0.2) is 0 Å². The van der Waals surface area contributed by atoms with E-state index < -0.39 is 0 Å². The number of rotatable bonds is 3. The van der Waals surface area contributed by atoms with Crippen molar-refractivity contribution in [1.82, 2.24) is 10.2 Å². The molecular weight excluding hydrogens is 224 g/mol. The number of nitrogens with one attached hydrogen (secondary N) is 1. The van der Waals surface area contributed by atoms with Gasteiger partial charge >= 0.3 is 0 Å². The third-order valence-electron chi connectivity index (χ3n) is 4.04. The molecule has 0 unspecified atom stereocenters. The van der Waals surface area contributed by atoms with Crippen molar-refractivity contribution < 1.29 is 4.74 Å². The molecule has 1 aliphatic carbocycles. The Hall–Kier alpha value is -0.120. The van der Waals surface area contributed by atoms with E-state index in [1.165, 1.54) is 58.4 Å². The van der Waals surface area contributed by atoms with Gasteiger partial charge in [0.25, 0.3) is 0 Å². The highest BCUT2D eigenvalue weighted by molar-refractivity contribution is 4.79. The Morgan fingerprint density at radius 1 is 1.06 bits per heavy atom. The number of piperazine rings is 1. The second kappa shape index (κ2) is 6.36. The van der Waals surface area contributed by atoms with Crippen LogP contribution >= 0.6 is 0 Å². The molecule has 0 aromatic heterocycles. The summed E-state index contributed by atoms with van der Waals surface area (Å²) in [5, 5.41) is 3.42. The first-order chi connectivity index (χ1) is 8.53. The summed E-state index contributed by atoms with van der Waals surface area (Å²) in [5.41, 5.74) is 0.0239. The van der Waals surface area contributed by atoms with E-state index in [0.29, 0.717) is 6.10 Å². The minimum absolute atomic E-state index is 0.0239. The molecule has 0 aromatic carbocycles. The zero-order valence-corrected chi connectivity index (χ0v) is 12.4. The number of ether oxygens (including phenoxy) is 1. The van der Waals surface area contributed by atoms with Crippen LogP contribution in [-0.2, 0) is 4.74 Å². The van der Waals surface area contributed by atoms with Gasteiger partial charge in [0.15, 0.2) is 0 Å². The molecule has 1 saturated carbocycles. The molecule has 0 spiro atoms. The van der Waals surface area contributed by atoms with Gasteiger partial charge in [-0.3, -0.25) is 0 Å². The van der Waals surface area contributed by atoms with Gasteiger partial charge in [0.2, 0.25) is 0 Å². The summed E-state index contributed by atoms with van der Waals surface area (Å²) < 4.78 is 6.09. The molecular formula is C15H30N2O. The lowest BCUT2D eigenvalue weighted by molar-refractivity contribution is -0.0795. The Balaban J connectivity index is 1.66. The zero-order valence-electron chi connectivity index (χ0n) is 12.4. The molecule has 1 heterocycles. The van der Waals surface area contributed by atoms with E-state index in [2.05, 4.69) is 31.0 Å². The summed E-state index contributed by atoms with van der Waals surface area (Å²) >= 11 is 0. The first-order valence-electron chi connectivity index (χ1n) is 7.64. The summed E-state index contributed by atoms with van der Waals surface area (Å²) in [6.45, 7) is 12.6. The average molecular weight is 254 g/mol. The van der Waals surface area contributed by atoms with Crippen molar-refractivity contribution in [2.24, 2.45) is 5.92 Å². The van der Waals surface area contributed by atoms with E-state index in [9.17, 15) is 0 Å². The molecule has 2 rings (SSSR count). The molecule has 1 N–H and O–H groups in total. The molecule has 0 bridgehead atoms. The third-order valence-corrected chi connectivity index (χ3v) is 4.04. The first kappa shape index (κ1) is 14.3. The number of hydrogen-bond acceptors (Lipinski definition) is 3. The highest BCUT2D eigenvalue weighted by Crippen LogP contribution is 2.29. The zero-order chi connectivity index (χ0) is 13.0. The minimum Gasteiger partial charge on any atom is -0.373 e. The Bertz CT molecular complexity index is 235. The molecule has 1 saturated heterocycles. The van der Waals surface area contributed by atoms with Crippen LogP contribution in [0.5, 0.6) is 0 Å². The molecule has 3 nitrogen and oxygen atoms in total. The molecule has 2 aliphatic rings. The monoisotopic (exact) mass is 254 g/mol. The fraction of sp³-hybridized carbons (Fsp3) is 1.00. The maximum atomic E-state index is 6.09. The van der Waals surface area contributed by atoms with Gasteiger partial charge in [0, 0.05) is 32.7 Å². The van der Waals surface area contributed by atoms with Crippen molar-refractivity contribution in [3.05, 3.63) is 0 Å². The maximum absolute atomic E-state index is 6.09. The van der Waals surface area contributed by atoms with Crippen LogP contribution in [0, 0.1) is 5.92 Å². The van der Waals surface area contributed by atoms with Gasteiger partial charge in [-0.15, -0.1) is 0 Å². The Morgan fingerprint density at radius 2 is 1.67 bits per heavy atom. The summed E-state index contributed by atoms with van der Waals surface area (Å²) in [6.07, 6.45) is 5.72. The summed E-state index contributed by atoms with van der Waals surface area (Å²) in [5.74, 6) is 0.905. The fourth-order valence-electron chi connectivity index (χ4n) is 3.19. The predicted octanol–water partition coefficient (Wildman–Crippen LogP) is 2.27. The van der Waals surface area contributed by atoms with Gasteiger partial charge < -0.3 is 15.0 Å². The molecule has 106 valence electrons. The van der Waals surface area contributed by atoms with E-state index in [1.807, 2.05) is 0 Å². The molecule has 3 heteroatoms. The van der Waals surface area contributed by atoms with Gasteiger partial charge in [0.1, 0.15) is 0 Å².